The largest absolute Gasteiger partial charge is 0.337 e. The molecular weight excluding hydrogens is 192 g/mol. The second-order valence-electron chi connectivity index (χ2n) is 4.26. The standard InChI is InChI=1S/C10H22N4O/c1-11-9-4-6-14(8-9)10(15)12-5-7-13(2)3/h9,11H,4-8H2,1-3H3,(H,12,15)/t9-/m0/s1. The summed E-state index contributed by atoms with van der Waals surface area (Å²) in [6, 6.07) is 0.527. The van der Waals surface area contributed by atoms with Crippen LogP contribution in [0.5, 0.6) is 0 Å². The number of amides is 2. The van der Waals surface area contributed by atoms with Gasteiger partial charge < -0.3 is 20.4 Å². The van der Waals surface area contributed by atoms with Gasteiger partial charge in [0, 0.05) is 32.2 Å². The van der Waals surface area contributed by atoms with Crippen molar-refractivity contribution in [2.75, 3.05) is 47.3 Å². The number of urea groups is 1. The zero-order chi connectivity index (χ0) is 11.3. The molecule has 0 aromatic rings. The average Bonchev–Trinajstić information content (AvgIpc) is 2.65. The minimum absolute atomic E-state index is 0.0644. The molecule has 1 saturated heterocycles. The Hall–Kier alpha value is -0.810. The van der Waals surface area contributed by atoms with Gasteiger partial charge in [-0.15, -0.1) is 0 Å². The maximum atomic E-state index is 11.7. The fraction of sp³-hybridized carbons (Fsp3) is 0.900. The number of carbonyl (C=O) groups excluding carboxylic acids is 1. The maximum absolute atomic E-state index is 11.7. The lowest BCUT2D eigenvalue weighted by Gasteiger charge is -2.18. The van der Waals surface area contributed by atoms with Gasteiger partial charge in [-0.25, -0.2) is 4.79 Å². The van der Waals surface area contributed by atoms with Crippen LogP contribution < -0.4 is 10.6 Å². The van der Waals surface area contributed by atoms with Crippen molar-refractivity contribution in [2.24, 2.45) is 0 Å². The summed E-state index contributed by atoms with van der Waals surface area (Å²) >= 11 is 0. The topological polar surface area (TPSA) is 47.6 Å². The predicted octanol–water partition coefficient (Wildman–Crippen LogP) is -0.449. The number of carbonyl (C=O) groups is 1. The van der Waals surface area contributed by atoms with Crippen LogP contribution in [0.2, 0.25) is 0 Å². The van der Waals surface area contributed by atoms with Crippen LogP contribution in [0.4, 0.5) is 4.79 Å². The first-order chi connectivity index (χ1) is 7.13. The van der Waals surface area contributed by atoms with Gasteiger partial charge in [0.1, 0.15) is 0 Å². The minimum atomic E-state index is 0.0644. The molecule has 1 aliphatic heterocycles. The van der Waals surface area contributed by atoms with Gasteiger partial charge in [-0.1, -0.05) is 0 Å². The van der Waals surface area contributed by atoms with Gasteiger partial charge in [0.05, 0.1) is 0 Å². The number of nitrogens with one attached hydrogen (secondary N) is 2. The molecule has 15 heavy (non-hydrogen) atoms. The Labute approximate surface area is 91.8 Å². The van der Waals surface area contributed by atoms with Crippen LogP contribution in [-0.4, -0.2) is 69.2 Å². The smallest absolute Gasteiger partial charge is 0.317 e. The second kappa shape index (κ2) is 5.92. The Morgan fingerprint density at radius 1 is 1.53 bits per heavy atom. The first-order valence-electron chi connectivity index (χ1n) is 5.48. The lowest BCUT2D eigenvalue weighted by Crippen LogP contribution is -2.42. The number of likely N-dealkylation sites (N-methyl/N-ethyl adjacent to an activating group) is 2. The van der Waals surface area contributed by atoms with Crippen LogP contribution in [0.25, 0.3) is 0 Å². The van der Waals surface area contributed by atoms with Crippen LogP contribution >= 0.6 is 0 Å². The molecule has 2 amide bonds. The molecule has 0 bridgehead atoms. The summed E-state index contributed by atoms with van der Waals surface area (Å²) in [4.78, 5) is 15.6. The summed E-state index contributed by atoms with van der Waals surface area (Å²) in [6.07, 6.45) is 1.05. The molecule has 1 rings (SSSR count). The molecular formula is C10H22N4O. The Kier molecular flexibility index (Phi) is 4.84. The summed E-state index contributed by atoms with van der Waals surface area (Å²) in [5.41, 5.74) is 0. The third kappa shape index (κ3) is 4.05. The van der Waals surface area contributed by atoms with Gasteiger partial charge in [-0.05, 0) is 27.6 Å². The fourth-order valence-electron chi connectivity index (χ4n) is 1.68. The highest BCUT2D eigenvalue weighted by atomic mass is 16.2. The monoisotopic (exact) mass is 214 g/mol. The number of rotatable bonds is 4. The Morgan fingerprint density at radius 3 is 2.80 bits per heavy atom. The normalized spacial score (nSPS) is 21.1. The quantitative estimate of drug-likeness (QED) is 0.666. The van der Waals surface area contributed by atoms with Crippen molar-refractivity contribution >= 4 is 6.03 Å². The zero-order valence-corrected chi connectivity index (χ0v) is 9.92. The lowest BCUT2D eigenvalue weighted by molar-refractivity contribution is 0.206. The summed E-state index contributed by atoms with van der Waals surface area (Å²) in [7, 11) is 5.94. The van der Waals surface area contributed by atoms with E-state index >= 15 is 0 Å². The van der Waals surface area contributed by atoms with Gasteiger partial charge in [-0.2, -0.15) is 0 Å². The molecule has 0 aliphatic carbocycles. The van der Waals surface area contributed by atoms with Gasteiger partial charge in [0.25, 0.3) is 0 Å². The average molecular weight is 214 g/mol. The van der Waals surface area contributed by atoms with E-state index in [1.54, 1.807) is 0 Å². The molecule has 1 heterocycles. The summed E-state index contributed by atoms with van der Waals surface area (Å²) < 4.78 is 0. The second-order valence-corrected chi connectivity index (χ2v) is 4.26. The van der Waals surface area contributed by atoms with Crippen LogP contribution in [0.15, 0.2) is 0 Å². The van der Waals surface area contributed by atoms with E-state index in [1.807, 2.05) is 26.0 Å². The summed E-state index contributed by atoms with van der Waals surface area (Å²) in [6.45, 7) is 3.28. The third-order valence-corrected chi connectivity index (χ3v) is 2.72. The molecule has 0 aromatic heterocycles. The zero-order valence-electron chi connectivity index (χ0n) is 9.92. The third-order valence-electron chi connectivity index (χ3n) is 2.72. The number of hydrogen-bond acceptors (Lipinski definition) is 3. The number of likely N-dealkylation sites (tertiary alicyclic amines) is 1. The number of hydrogen-bond donors (Lipinski definition) is 2. The molecule has 0 aromatic carbocycles. The van der Waals surface area contributed by atoms with Crippen LogP contribution in [0, 0.1) is 0 Å². The number of nitrogens with zero attached hydrogens (tertiary/aromatic N) is 2. The highest BCUT2D eigenvalue weighted by Gasteiger charge is 2.24. The van der Waals surface area contributed by atoms with E-state index in [4.69, 9.17) is 0 Å². The van der Waals surface area contributed by atoms with E-state index in [-0.39, 0.29) is 6.03 Å². The maximum Gasteiger partial charge on any atom is 0.317 e. The van der Waals surface area contributed by atoms with Gasteiger partial charge >= 0.3 is 6.03 Å². The predicted molar refractivity (Wildman–Crippen MR) is 61.0 cm³/mol. The van der Waals surface area contributed by atoms with Gasteiger partial charge in [0.2, 0.25) is 0 Å². The Bertz CT molecular complexity index is 208. The fourth-order valence-corrected chi connectivity index (χ4v) is 1.68. The van der Waals surface area contributed by atoms with Crippen molar-refractivity contribution in [1.29, 1.82) is 0 Å². The molecule has 2 N–H and O–H groups in total. The molecule has 1 fully saturated rings. The van der Waals surface area contributed by atoms with Gasteiger partial charge in [0.15, 0.2) is 0 Å². The Balaban J connectivity index is 2.18. The molecule has 0 spiro atoms. The molecule has 0 radical (unpaired) electrons. The van der Waals surface area contributed by atoms with Crippen LogP contribution in [0.1, 0.15) is 6.42 Å². The minimum Gasteiger partial charge on any atom is -0.337 e. The van der Waals surface area contributed by atoms with E-state index in [2.05, 4.69) is 15.5 Å². The molecule has 1 aliphatic rings. The molecule has 1 atom stereocenters. The van der Waals surface area contributed by atoms with Gasteiger partial charge in [-0.3, -0.25) is 0 Å². The molecule has 5 nitrogen and oxygen atoms in total. The van der Waals surface area contributed by atoms with Crippen LogP contribution in [-0.2, 0) is 0 Å². The van der Waals surface area contributed by atoms with E-state index in [0.29, 0.717) is 12.6 Å². The molecule has 88 valence electrons. The van der Waals surface area contributed by atoms with Crippen molar-refractivity contribution < 1.29 is 4.79 Å². The first-order valence-corrected chi connectivity index (χ1v) is 5.48. The highest BCUT2D eigenvalue weighted by molar-refractivity contribution is 5.74. The van der Waals surface area contributed by atoms with E-state index in [0.717, 1.165) is 26.1 Å². The summed E-state index contributed by atoms with van der Waals surface area (Å²) in [5, 5.41) is 6.11. The van der Waals surface area contributed by atoms with E-state index in [1.165, 1.54) is 0 Å². The molecule has 0 saturated carbocycles. The van der Waals surface area contributed by atoms with Crippen LogP contribution in [0.3, 0.4) is 0 Å². The van der Waals surface area contributed by atoms with Crippen molar-refractivity contribution in [3.63, 3.8) is 0 Å². The Morgan fingerprint density at radius 2 is 2.27 bits per heavy atom. The first kappa shape index (κ1) is 12.3. The van der Waals surface area contributed by atoms with E-state index < -0.39 is 0 Å². The lowest BCUT2D eigenvalue weighted by atomic mass is 10.3. The molecule has 0 unspecified atom stereocenters. The highest BCUT2D eigenvalue weighted by Crippen LogP contribution is 2.07. The molecule has 5 heteroatoms. The van der Waals surface area contributed by atoms with Crippen molar-refractivity contribution in [1.82, 2.24) is 20.4 Å². The van der Waals surface area contributed by atoms with Crippen molar-refractivity contribution in [3.8, 4) is 0 Å². The van der Waals surface area contributed by atoms with Crippen molar-refractivity contribution in [3.05, 3.63) is 0 Å². The summed E-state index contributed by atoms with van der Waals surface area (Å²) in [5.74, 6) is 0. The van der Waals surface area contributed by atoms with E-state index in [9.17, 15) is 4.79 Å². The SMILES string of the molecule is CN[C@H]1CCN(C(=O)NCCN(C)C)C1. The van der Waals surface area contributed by atoms with Crippen molar-refractivity contribution in [2.45, 2.75) is 12.5 Å².